The Kier molecular flexibility index (Phi) is 9.16. The summed E-state index contributed by atoms with van der Waals surface area (Å²) < 4.78 is 11.4. The highest BCUT2D eigenvalue weighted by Crippen LogP contribution is 2.33. The van der Waals surface area contributed by atoms with E-state index < -0.39 is 6.04 Å². The van der Waals surface area contributed by atoms with Crippen LogP contribution in [-0.4, -0.2) is 60.1 Å². The molecule has 1 aromatic heterocycles. The lowest BCUT2D eigenvalue weighted by atomic mass is 10.1. The van der Waals surface area contributed by atoms with Gasteiger partial charge in [-0.15, -0.1) is 0 Å². The SMILES string of the molecule is CCOC(=O)C(C)N(C)CC=CC(=O)Nc1cc2c(Nc3cccc(Br)c3)ncnc2cc1OC. The van der Waals surface area contributed by atoms with Crippen LogP contribution in [0.25, 0.3) is 10.9 Å². The summed E-state index contributed by atoms with van der Waals surface area (Å²) in [5, 5.41) is 6.86. The summed E-state index contributed by atoms with van der Waals surface area (Å²) in [4.78, 5) is 35.0. The molecule has 0 aliphatic rings. The number of aromatic nitrogens is 2. The maximum Gasteiger partial charge on any atom is 0.323 e. The fourth-order valence-corrected chi connectivity index (χ4v) is 3.65. The molecule has 3 rings (SSSR count). The van der Waals surface area contributed by atoms with Crippen molar-refractivity contribution in [3.05, 3.63) is 59.4 Å². The van der Waals surface area contributed by atoms with E-state index in [1.54, 1.807) is 44.0 Å². The molecule has 3 aromatic rings. The lowest BCUT2D eigenvalue weighted by molar-refractivity contribution is -0.148. The average molecular weight is 542 g/mol. The number of nitrogens with zero attached hydrogens (tertiary/aromatic N) is 3. The summed E-state index contributed by atoms with van der Waals surface area (Å²) in [6.07, 6.45) is 4.57. The van der Waals surface area contributed by atoms with Crippen LogP contribution >= 0.6 is 15.9 Å². The van der Waals surface area contributed by atoms with Gasteiger partial charge < -0.3 is 20.1 Å². The average Bonchev–Trinajstić information content (AvgIpc) is 2.83. The first-order chi connectivity index (χ1) is 16.8. The molecule has 0 spiro atoms. The molecule has 0 radical (unpaired) electrons. The van der Waals surface area contributed by atoms with Gasteiger partial charge in [0.1, 0.15) is 23.9 Å². The van der Waals surface area contributed by atoms with E-state index in [2.05, 4.69) is 36.5 Å². The van der Waals surface area contributed by atoms with Crippen molar-refractivity contribution in [2.24, 2.45) is 0 Å². The predicted molar refractivity (Wildman–Crippen MR) is 140 cm³/mol. The molecule has 10 heteroatoms. The summed E-state index contributed by atoms with van der Waals surface area (Å²) in [6.45, 7) is 4.25. The minimum atomic E-state index is -0.417. The Balaban J connectivity index is 1.77. The number of hydrogen-bond donors (Lipinski definition) is 2. The Morgan fingerprint density at radius 3 is 2.74 bits per heavy atom. The van der Waals surface area contributed by atoms with Crippen LogP contribution in [0.15, 0.2) is 59.4 Å². The number of fused-ring (bicyclic) bond motifs is 1. The lowest BCUT2D eigenvalue weighted by Crippen LogP contribution is -2.37. The van der Waals surface area contributed by atoms with Crippen LogP contribution in [0, 0.1) is 0 Å². The van der Waals surface area contributed by atoms with Crippen molar-refractivity contribution in [2.45, 2.75) is 19.9 Å². The van der Waals surface area contributed by atoms with E-state index in [9.17, 15) is 9.59 Å². The third-order valence-corrected chi connectivity index (χ3v) is 5.75. The Morgan fingerprint density at radius 2 is 2.03 bits per heavy atom. The van der Waals surface area contributed by atoms with Crippen LogP contribution in [0.3, 0.4) is 0 Å². The van der Waals surface area contributed by atoms with Crippen molar-refractivity contribution in [3.63, 3.8) is 0 Å². The van der Waals surface area contributed by atoms with Gasteiger partial charge >= 0.3 is 5.97 Å². The number of halogens is 1. The second kappa shape index (κ2) is 12.3. The first kappa shape index (κ1) is 26.1. The maximum atomic E-state index is 12.6. The normalized spacial score (nSPS) is 12.1. The number of carbonyl (C=O) groups is 2. The van der Waals surface area contributed by atoms with Gasteiger partial charge in [-0.05, 0) is 45.2 Å². The zero-order valence-electron chi connectivity index (χ0n) is 20.0. The van der Waals surface area contributed by atoms with Crippen LogP contribution in [0.2, 0.25) is 0 Å². The largest absolute Gasteiger partial charge is 0.494 e. The van der Waals surface area contributed by atoms with Gasteiger partial charge in [0, 0.05) is 34.2 Å². The van der Waals surface area contributed by atoms with Crippen molar-refractivity contribution in [1.29, 1.82) is 0 Å². The van der Waals surface area contributed by atoms with E-state index in [-0.39, 0.29) is 11.9 Å². The second-order valence-corrected chi connectivity index (χ2v) is 8.60. The van der Waals surface area contributed by atoms with Gasteiger partial charge in [0.05, 0.1) is 24.9 Å². The van der Waals surface area contributed by atoms with Gasteiger partial charge in [-0.1, -0.05) is 28.1 Å². The Labute approximate surface area is 212 Å². The number of methoxy groups -OCH3 is 1. The lowest BCUT2D eigenvalue weighted by Gasteiger charge is -2.21. The molecule has 0 saturated carbocycles. The minimum Gasteiger partial charge on any atom is -0.494 e. The molecular formula is C25H28BrN5O4. The van der Waals surface area contributed by atoms with Gasteiger partial charge in [0.25, 0.3) is 0 Å². The summed E-state index contributed by atoms with van der Waals surface area (Å²) in [6, 6.07) is 10.8. The Morgan fingerprint density at radius 1 is 1.23 bits per heavy atom. The summed E-state index contributed by atoms with van der Waals surface area (Å²) in [5.41, 5.74) is 2.00. The number of nitrogens with one attached hydrogen (secondary N) is 2. The number of likely N-dealkylation sites (N-methyl/N-ethyl adjacent to an activating group) is 1. The molecule has 1 atom stereocenters. The number of esters is 1. The van der Waals surface area contributed by atoms with E-state index in [0.29, 0.717) is 35.9 Å². The number of amides is 1. The molecule has 0 aliphatic carbocycles. The number of hydrogen-bond acceptors (Lipinski definition) is 8. The molecule has 1 unspecified atom stereocenters. The molecule has 1 amide bonds. The van der Waals surface area contributed by atoms with Crippen LogP contribution < -0.4 is 15.4 Å². The first-order valence-electron chi connectivity index (χ1n) is 11.0. The van der Waals surface area contributed by atoms with Crippen molar-refractivity contribution in [3.8, 4) is 5.75 Å². The van der Waals surface area contributed by atoms with Crippen LogP contribution in [0.5, 0.6) is 5.75 Å². The Hall–Kier alpha value is -3.50. The Bertz CT molecular complexity index is 1230. The van der Waals surface area contributed by atoms with Crippen LogP contribution in [-0.2, 0) is 14.3 Å². The van der Waals surface area contributed by atoms with E-state index in [0.717, 1.165) is 15.5 Å². The van der Waals surface area contributed by atoms with Crippen molar-refractivity contribution in [1.82, 2.24) is 14.9 Å². The first-order valence-corrected chi connectivity index (χ1v) is 11.8. The molecule has 35 heavy (non-hydrogen) atoms. The summed E-state index contributed by atoms with van der Waals surface area (Å²) >= 11 is 3.46. The monoisotopic (exact) mass is 541 g/mol. The molecule has 184 valence electrons. The second-order valence-electron chi connectivity index (χ2n) is 7.69. The molecule has 0 aliphatic heterocycles. The predicted octanol–water partition coefficient (Wildman–Crippen LogP) is 4.52. The summed E-state index contributed by atoms with van der Waals surface area (Å²) in [5.74, 6) is 0.428. The molecule has 9 nitrogen and oxygen atoms in total. The van der Waals surface area contributed by atoms with Crippen molar-refractivity contribution >= 4 is 55.9 Å². The fourth-order valence-electron chi connectivity index (χ4n) is 3.25. The van der Waals surface area contributed by atoms with Crippen molar-refractivity contribution < 1.29 is 19.1 Å². The van der Waals surface area contributed by atoms with Crippen LogP contribution in [0.4, 0.5) is 17.2 Å². The maximum absolute atomic E-state index is 12.6. The highest BCUT2D eigenvalue weighted by Gasteiger charge is 2.18. The van der Waals surface area contributed by atoms with Gasteiger partial charge in [-0.2, -0.15) is 0 Å². The van der Waals surface area contributed by atoms with E-state index in [4.69, 9.17) is 9.47 Å². The van der Waals surface area contributed by atoms with Crippen LogP contribution in [0.1, 0.15) is 13.8 Å². The van der Waals surface area contributed by atoms with Gasteiger partial charge in [-0.25, -0.2) is 9.97 Å². The molecular weight excluding hydrogens is 514 g/mol. The number of benzene rings is 2. The molecule has 2 aromatic carbocycles. The van der Waals surface area contributed by atoms with Gasteiger partial charge in [-0.3, -0.25) is 14.5 Å². The quantitative estimate of drug-likeness (QED) is 0.285. The van der Waals surface area contributed by atoms with E-state index in [1.807, 2.05) is 24.3 Å². The van der Waals surface area contributed by atoms with Crippen molar-refractivity contribution in [2.75, 3.05) is 37.9 Å². The van der Waals surface area contributed by atoms with E-state index in [1.165, 1.54) is 19.5 Å². The van der Waals surface area contributed by atoms with Gasteiger partial charge in [0.15, 0.2) is 0 Å². The third kappa shape index (κ3) is 7.00. The number of carbonyl (C=O) groups excluding carboxylic acids is 2. The minimum absolute atomic E-state index is 0.303. The zero-order chi connectivity index (χ0) is 25.4. The highest BCUT2D eigenvalue weighted by atomic mass is 79.9. The number of anilines is 3. The number of ether oxygens (including phenoxy) is 2. The third-order valence-electron chi connectivity index (χ3n) is 5.25. The molecule has 0 bridgehead atoms. The zero-order valence-corrected chi connectivity index (χ0v) is 21.6. The topological polar surface area (TPSA) is 106 Å². The summed E-state index contributed by atoms with van der Waals surface area (Å²) in [7, 11) is 3.32. The molecule has 0 fully saturated rings. The molecule has 2 N–H and O–H groups in total. The standard InChI is InChI=1S/C25H28BrN5O4/c1-5-35-25(33)16(2)31(3)11-7-10-23(32)30-21-13-19-20(14-22(21)34-4)27-15-28-24(19)29-18-9-6-8-17(26)12-18/h6-10,12-16H,5,11H2,1-4H3,(H,30,32)(H,27,28,29). The van der Waals surface area contributed by atoms with E-state index >= 15 is 0 Å². The highest BCUT2D eigenvalue weighted by molar-refractivity contribution is 9.10. The fraction of sp³-hybridized carbons (Fsp3) is 0.280. The number of rotatable bonds is 10. The van der Waals surface area contributed by atoms with Gasteiger partial charge in [0.2, 0.25) is 5.91 Å². The molecule has 1 heterocycles. The smallest absolute Gasteiger partial charge is 0.323 e. The molecule has 0 saturated heterocycles.